The first-order valence-electron chi connectivity index (χ1n) is 9.57. The predicted molar refractivity (Wildman–Crippen MR) is 111 cm³/mol. The molecule has 0 radical (unpaired) electrons. The fourth-order valence-electron chi connectivity index (χ4n) is 3.40. The van der Waals surface area contributed by atoms with Crippen LogP contribution in [0.25, 0.3) is 0 Å². The number of methoxy groups -OCH3 is 2. The number of hydrogen-bond donors (Lipinski definition) is 1. The van der Waals surface area contributed by atoms with Gasteiger partial charge in [-0.3, -0.25) is 9.69 Å². The summed E-state index contributed by atoms with van der Waals surface area (Å²) in [4.78, 5) is 30.3. The number of nitrogens with one attached hydrogen (secondary N) is 1. The zero-order valence-corrected chi connectivity index (χ0v) is 18.2. The number of likely N-dealkylation sites (N-methyl/N-ethyl adjacent to an activating group) is 1. The van der Waals surface area contributed by atoms with Gasteiger partial charge < -0.3 is 19.2 Å². The van der Waals surface area contributed by atoms with Crippen molar-refractivity contribution >= 4 is 11.8 Å². The first kappa shape index (κ1) is 22.5. The lowest BCUT2D eigenvalue weighted by Gasteiger charge is -2.25. The van der Waals surface area contributed by atoms with Gasteiger partial charge in [0.25, 0.3) is 0 Å². The van der Waals surface area contributed by atoms with Gasteiger partial charge in [0.2, 0.25) is 0 Å². The van der Waals surface area contributed by atoms with Gasteiger partial charge in [-0.1, -0.05) is 12.1 Å². The Morgan fingerprint density at radius 2 is 1.86 bits per heavy atom. The van der Waals surface area contributed by atoms with Crippen LogP contribution >= 0.6 is 0 Å². The topological polar surface area (TPSA) is 80.9 Å². The third-order valence-electron chi connectivity index (χ3n) is 5.11. The first-order valence-corrected chi connectivity index (χ1v) is 9.57. The number of rotatable bonds is 9. The van der Waals surface area contributed by atoms with E-state index in [0.29, 0.717) is 40.6 Å². The average molecular weight is 402 g/mol. The SMILES string of the molecule is CCOC(=O)c1c(C)[nH]c(C(=O)[C@@H](C)N(C)Cc2cccc(OC)c2OC)c1C. The van der Waals surface area contributed by atoms with Crippen LogP contribution in [0, 0.1) is 13.8 Å². The normalized spacial score (nSPS) is 12.0. The maximum atomic E-state index is 13.1. The number of benzene rings is 1. The summed E-state index contributed by atoms with van der Waals surface area (Å²) in [6.45, 7) is 7.91. The van der Waals surface area contributed by atoms with E-state index in [2.05, 4.69) is 4.98 Å². The van der Waals surface area contributed by atoms with Gasteiger partial charge in [-0.15, -0.1) is 0 Å². The van der Waals surface area contributed by atoms with Crippen LogP contribution in [0.3, 0.4) is 0 Å². The highest BCUT2D eigenvalue weighted by molar-refractivity contribution is 6.03. The predicted octanol–water partition coefficient (Wildman–Crippen LogP) is 3.53. The Morgan fingerprint density at radius 3 is 2.45 bits per heavy atom. The highest BCUT2D eigenvalue weighted by Crippen LogP contribution is 2.32. The molecule has 1 atom stereocenters. The minimum absolute atomic E-state index is 0.0921. The Morgan fingerprint density at radius 1 is 1.17 bits per heavy atom. The maximum absolute atomic E-state index is 13.1. The van der Waals surface area contributed by atoms with Crippen molar-refractivity contribution in [2.45, 2.75) is 40.3 Å². The number of Topliss-reactive ketones (excluding diaryl/α,β-unsaturated/α-hetero) is 1. The van der Waals surface area contributed by atoms with E-state index < -0.39 is 12.0 Å². The molecule has 1 heterocycles. The van der Waals surface area contributed by atoms with E-state index in [1.807, 2.05) is 37.1 Å². The minimum Gasteiger partial charge on any atom is -0.493 e. The van der Waals surface area contributed by atoms with Gasteiger partial charge in [-0.25, -0.2) is 4.79 Å². The molecule has 0 saturated carbocycles. The van der Waals surface area contributed by atoms with E-state index in [1.54, 1.807) is 35.0 Å². The summed E-state index contributed by atoms with van der Waals surface area (Å²) in [5, 5.41) is 0. The molecule has 158 valence electrons. The van der Waals surface area contributed by atoms with Crippen molar-refractivity contribution in [2.75, 3.05) is 27.9 Å². The van der Waals surface area contributed by atoms with Crippen molar-refractivity contribution < 1.29 is 23.8 Å². The molecule has 0 saturated heterocycles. The number of para-hydroxylation sites is 1. The number of aryl methyl sites for hydroxylation is 1. The molecule has 0 aliphatic heterocycles. The number of carbonyl (C=O) groups is 2. The molecule has 2 aromatic rings. The van der Waals surface area contributed by atoms with Crippen molar-refractivity contribution in [3.05, 3.63) is 46.3 Å². The monoisotopic (exact) mass is 402 g/mol. The molecule has 0 aliphatic rings. The zero-order valence-electron chi connectivity index (χ0n) is 18.2. The quantitative estimate of drug-likeness (QED) is 0.511. The summed E-state index contributed by atoms with van der Waals surface area (Å²) in [7, 11) is 5.06. The molecular formula is C22H30N2O5. The summed E-state index contributed by atoms with van der Waals surface area (Å²) in [5.41, 5.74) is 3.03. The standard InChI is InChI=1S/C22H30N2O5/c1-8-29-22(26)18-13(2)19(23-14(18)3)20(25)15(4)24(5)12-16-10-9-11-17(27-6)21(16)28-7/h9-11,15,23H,8,12H2,1-7H3/t15-/m1/s1. The van der Waals surface area contributed by atoms with Crippen LogP contribution in [0.4, 0.5) is 0 Å². The Bertz CT molecular complexity index is 888. The van der Waals surface area contributed by atoms with Crippen molar-refractivity contribution in [1.29, 1.82) is 0 Å². The number of aromatic amines is 1. The van der Waals surface area contributed by atoms with Crippen LogP contribution in [-0.4, -0.2) is 55.6 Å². The molecule has 0 spiro atoms. The second kappa shape index (κ2) is 9.60. The van der Waals surface area contributed by atoms with Crippen LogP contribution in [0.15, 0.2) is 18.2 Å². The second-order valence-corrected chi connectivity index (χ2v) is 6.95. The molecule has 1 aromatic carbocycles. The van der Waals surface area contributed by atoms with E-state index in [4.69, 9.17) is 14.2 Å². The molecule has 0 aliphatic carbocycles. The number of hydrogen-bond acceptors (Lipinski definition) is 6. The second-order valence-electron chi connectivity index (χ2n) is 6.95. The smallest absolute Gasteiger partial charge is 0.340 e. The molecule has 7 nitrogen and oxygen atoms in total. The van der Waals surface area contributed by atoms with Gasteiger partial charge in [-0.05, 0) is 46.4 Å². The molecular weight excluding hydrogens is 372 g/mol. The highest BCUT2D eigenvalue weighted by atomic mass is 16.5. The number of esters is 1. The maximum Gasteiger partial charge on any atom is 0.340 e. The lowest BCUT2D eigenvalue weighted by atomic mass is 10.0. The molecule has 0 fully saturated rings. The van der Waals surface area contributed by atoms with Crippen molar-refractivity contribution in [3.63, 3.8) is 0 Å². The van der Waals surface area contributed by atoms with E-state index in [1.165, 1.54) is 0 Å². The first-order chi connectivity index (χ1) is 13.8. The molecule has 29 heavy (non-hydrogen) atoms. The molecule has 1 N–H and O–H groups in total. The lowest BCUT2D eigenvalue weighted by molar-refractivity contribution is 0.0525. The van der Waals surface area contributed by atoms with Gasteiger partial charge in [0.1, 0.15) is 0 Å². The lowest BCUT2D eigenvalue weighted by Crippen LogP contribution is -2.36. The summed E-state index contributed by atoms with van der Waals surface area (Å²) in [6.07, 6.45) is 0. The number of H-pyrrole nitrogens is 1. The Balaban J connectivity index is 2.25. The van der Waals surface area contributed by atoms with Crippen LogP contribution in [0.1, 0.15) is 51.5 Å². The van der Waals surface area contributed by atoms with Crippen LogP contribution in [0.5, 0.6) is 11.5 Å². The molecule has 0 amide bonds. The van der Waals surface area contributed by atoms with E-state index in [0.717, 1.165) is 5.56 Å². The van der Waals surface area contributed by atoms with Crippen LogP contribution in [0.2, 0.25) is 0 Å². The van der Waals surface area contributed by atoms with E-state index in [9.17, 15) is 9.59 Å². The van der Waals surface area contributed by atoms with Gasteiger partial charge in [-0.2, -0.15) is 0 Å². The number of ketones is 1. The fraction of sp³-hybridized carbons (Fsp3) is 0.455. The molecule has 2 rings (SSSR count). The largest absolute Gasteiger partial charge is 0.493 e. The molecule has 0 bridgehead atoms. The Labute approximate surface area is 172 Å². The van der Waals surface area contributed by atoms with Crippen molar-refractivity contribution in [2.24, 2.45) is 0 Å². The van der Waals surface area contributed by atoms with Gasteiger partial charge in [0, 0.05) is 17.8 Å². The average Bonchev–Trinajstić information content (AvgIpc) is 3.00. The fourth-order valence-corrected chi connectivity index (χ4v) is 3.40. The Hall–Kier alpha value is -2.80. The number of carbonyl (C=O) groups excluding carboxylic acids is 2. The summed E-state index contributed by atoms with van der Waals surface area (Å²) in [5.74, 6) is 0.788. The van der Waals surface area contributed by atoms with Crippen molar-refractivity contribution in [3.8, 4) is 11.5 Å². The minimum atomic E-state index is -0.419. The third kappa shape index (κ3) is 4.62. The number of aromatic nitrogens is 1. The van der Waals surface area contributed by atoms with Crippen LogP contribution in [-0.2, 0) is 11.3 Å². The van der Waals surface area contributed by atoms with Crippen molar-refractivity contribution in [1.82, 2.24) is 9.88 Å². The summed E-state index contributed by atoms with van der Waals surface area (Å²) in [6, 6.07) is 5.25. The third-order valence-corrected chi connectivity index (χ3v) is 5.11. The Kier molecular flexibility index (Phi) is 7.45. The van der Waals surface area contributed by atoms with E-state index >= 15 is 0 Å². The highest BCUT2D eigenvalue weighted by Gasteiger charge is 2.28. The number of nitrogens with zero attached hydrogens (tertiary/aromatic N) is 1. The van der Waals surface area contributed by atoms with Gasteiger partial charge in [0.15, 0.2) is 17.3 Å². The molecule has 1 aromatic heterocycles. The summed E-state index contributed by atoms with van der Waals surface area (Å²) < 4.78 is 15.9. The molecule has 0 unspecified atom stereocenters. The number of ether oxygens (including phenoxy) is 3. The summed E-state index contributed by atoms with van der Waals surface area (Å²) >= 11 is 0. The van der Waals surface area contributed by atoms with E-state index in [-0.39, 0.29) is 12.4 Å². The van der Waals surface area contributed by atoms with Gasteiger partial charge >= 0.3 is 5.97 Å². The molecule has 7 heteroatoms. The van der Waals surface area contributed by atoms with Gasteiger partial charge in [0.05, 0.1) is 38.1 Å². The van der Waals surface area contributed by atoms with Crippen LogP contribution < -0.4 is 9.47 Å². The zero-order chi connectivity index (χ0) is 21.7.